The Labute approximate surface area is 90.4 Å². The van der Waals surface area contributed by atoms with Crippen LogP contribution in [0.25, 0.3) is 0 Å². The Kier molecular flexibility index (Phi) is 3.23. The van der Waals surface area contributed by atoms with E-state index < -0.39 is 0 Å². The molecule has 1 aliphatic heterocycles. The Morgan fingerprint density at radius 2 is 2.20 bits per heavy atom. The van der Waals surface area contributed by atoms with Crippen LogP contribution in [0.3, 0.4) is 0 Å². The van der Waals surface area contributed by atoms with Gasteiger partial charge in [-0.1, -0.05) is 18.2 Å². The number of hydrogen-bond donors (Lipinski definition) is 1. The van der Waals surface area contributed by atoms with Crippen molar-refractivity contribution in [1.29, 1.82) is 0 Å². The Hall–Kier alpha value is -1.06. The molecule has 82 valence electrons. The maximum atomic E-state index is 5.70. The summed E-state index contributed by atoms with van der Waals surface area (Å²) in [6.45, 7) is 5.20. The average molecular weight is 207 g/mol. The zero-order valence-electron chi connectivity index (χ0n) is 9.03. The van der Waals surface area contributed by atoms with Crippen LogP contribution in [0, 0.1) is 0 Å². The van der Waals surface area contributed by atoms with E-state index in [4.69, 9.17) is 9.47 Å². The van der Waals surface area contributed by atoms with E-state index in [1.807, 2.05) is 30.3 Å². The van der Waals surface area contributed by atoms with Gasteiger partial charge in [0.15, 0.2) is 0 Å². The second kappa shape index (κ2) is 4.64. The van der Waals surface area contributed by atoms with E-state index in [0.29, 0.717) is 6.61 Å². The smallest absolute Gasteiger partial charge is 0.119 e. The first-order chi connectivity index (χ1) is 7.29. The molecule has 0 bridgehead atoms. The standard InChI is InChI=1S/C12H17NO2/c1-12(9-13-7-8-15-12)10-14-11-5-3-2-4-6-11/h2-6,13H,7-10H2,1H3. The second-order valence-electron chi connectivity index (χ2n) is 4.08. The van der Waals surface area contributed by atoms with Crippen LogP contribution < -0.4 is 10.1 Å². The lowest BCUT2D eigenvalue weighted by atomic mass is 10.1. The number of hydrogen-bond acceptors (Lipinski definition) is 3. The van der Waals surface area contributed by atoms with Crippen molar-refractivity contribution in [3.8, 4) is 5.75 Å². The fraction of sp³-hybridized carbons (Fsp3) is 0.500. The van der Waals surface area contributed by atoms with Crippen LogP contribution in [0.2, 0.25) is 0 Å². The highest BCUT2D eigenvalue weighted by Gasteiger charge is 2.28. The lowest BCUT2D eigenvalue weighted by Gasteiger charge is -2.34. The molecule has 1 aliphatic rings. The number of nitrogens with one attached hydrogen (secondary N) is 1. The molecule has 3 heteroatoms. The van der Waals surface area contributed by atoms with Crippen molar-refractivity contribution in [2.24, 2.45) is 0 Å². The highest BCUT2D eigenvalue weighted by Crippen LogP contribution is 2.16. The molecule has 1 aromatic carbocycles. The van der Waals surface area contributed by atoms with Gasteiger partial charge in [0.25, 0.3) is 0 Å². The van der Waals surface area contributed by atoms with Gasteiger partial charge in [-0.3, -0.25) is 0 Å². The maximum absolute atomic E-state index is 5.70. The minimum absolute atomic E-state index is 0.200. The summed E-state index contributed by atoms with van der Waals surface area (Å²) in [6.07, 6.45) is 0. The largest absolute Gasteiger partial charge is 0.491 e. The van der Waals surface area contributed by atoms with Gasteiger partial charge in [-0.25, -0.2) is 0 Å². The quantitative estimate of drug-likeness (QED) is 0.813. The van der Waals surface area contributed by atoms with E-state index >= 15 is 0 Å². The van der Waals surface area contributed by atoms with Crippen LogP contribution in [0.5, 0.6) is 5.75 Å². The monoisotopic (exact) mass is 207 g/mol. The Balaban J connectivity index is 1.87. The molecule has 1 N–H and O–H groups in total. The highest BCUT2D eigenvalue weighted by molar-refractivity contribution is 5.21. The molecule has 1 saturated heterocycles. The summed E-state index contributed by atoms with van der Waals surface area (Å²) in [5.74, 6) is 0.896. The van der Waals surface area contributed by atoms with Crippen LogP contribution in [-0.2, 0) is 4.74 Å². The van der Waals surface area contributed by atoms with Crippen LogP contribution in [0.1, 0.15) is 6.92 Å². The van der Waals surface area contributed by atoms with Gasteiger partial charge in [-0.05, 0) is 19.1 Å². The van der Waals surface area contributed by atoms with Gasteiger partial charge in [0.1, 0.15) is 18.0 Å². The van der Waals surface area contributed by atoms with Crippen molar-refractivity contribution < 1.29 is 9.47 Å². The summed E-state index contributed by atoms with van der Waals surface area (Å²) in [7, 11) is 0. The number of morpholine rings is 1. The summed E-state index contributed by atoms with van der Waals surface area (Å²) in [4.78, 5) is 0. The molecule has 0 aromatic heterocycles. The third-order valence-electron chi connectivity index (χ3n) is 2.52. The van der Waals surface area contributed by atoms with Crippen LogP contribution in [0.4, 0.5) is 0 Å². The van der Waals surface area contributed by atoms with Crippen molar-refractivity contribution in [3.05, 3.63) is 30.3 Å². The van der Waals surface area contributed by atoms with E-state index in [9.17, 15) is 0 Å². The zero-order chi connectivity index (χ0) is 10.6. The number of benzene rings is 1. The minimum atomic E-state index is -0.200. The summed E-state index contributed by atoms with van der Waals surface area (Å²) in [6, 6.07) is 9.84. The fourth-order valence-electron chi connectivity index (χ4n) is 1.62. The molecule has 1 atom stereocenters. The van der Waals surface area contributed by atoms with Crippen LogP contribution in [0.15, 0.2) is 30.3 Å². The van der Waals surface area contributed by atoms with Crippen molar-refractivity contribution in [2.75, 3.05) is 26.3 Å². The molecule has 1 heterocycles. The van der Waals surface area contributed by atoms with Crippen molar-refractivity contribution >= 4 is 0 Å². The number of ether oxygens (including phenoxy) is 2. The predicted molar refractivity (Wildman–Crippen MR) is 59.2 cm³/mol. The van der Waals surface area contributed by atoms with Gasteiger partial charge in [0, 0.05) is 13.1 Å². The third-order valence-corrected chi connectivity index (χ3v) is 2.52. The third kappa shape index (κ3) is 2.94. The van der Waals surface area contributed by atoms with Gasteiger partial charge in [0.05, 0.1) is 6.61 Å². The average Bonchev–Trinajstić information content (AvgIpc) is 2.29. The number of para-hydroxylation sites is 1. The molecule has 2 rings (SSSR count). The molecule has 3 nitrogen and oxygen atoms in total. The summed E-state index contributed by atoms with van der Waals surface area (Å²) in [5.41, 5.74) is -0.200. The fourth-order valence-corrected chi connectivity index (χ4v) is 1.62. The topological polar surface area (TPSA) is 30.5 Å². The Bertz CT molecular complexity index is 294. The van der Waals surface area contributed by atoms with E-state index in [1.165, 1.54) is 0 Å². The SMILES string of the molecule is CC1(COc2ccccc2)CNCCO1. The van der Waals surface area contributed by atoms with E-state index in [-0.39, 0.29) is 5.60 Å². The molecule has 1 fully saturated rings. The Morgan fingerprint density at radius 1 is 1.40 bits per heavy atom. The lowest BCUT2D eigenvalue weighted by Crippen LogP contribution is -2.51. The van der Waals surface area contributed by atoms with Gasteiger partial charge in [-0.2, -0.15) is 0 Å². The molecular formula is C12H17NO2. The highest BCUT2D eigenvalue weighted by atomic mass is 16.5. The van der Waals surface area contributed by atoms with Crippen molar-refractivity contribution in [3.63, 3.8) is 0 Å². The summed E-state index contributed by atoms with van der Waals surface area (Å²) < 4.78 is 11.4. The molecule has 0 aliphatic carbocycles. The van der Waals surface area contributed by atoms with Crippen LogP contribution >= 0.6 is 0 Å². The zero-order valence-corrected chi connectivity index (χ0v) is 9.03. The first kappa shape index (κ1) is 10.5. The lowest BCUT2D eigenvalue weighted by molar-refractivity contribution is -0.0772. The van der Waals surface area contributed by atoms with E-state index in [2.05, 4.69) is 12.2 Å². The summed E-state index contributed by atoms with van der Waals surface area (Å²) in [5, 5.41) is 3.31. The van der Waals surface area contributed by atoms with Gasteiger partial charge < -0.3 is 14.8 Å². The van der Waals surface area contributed by atoms with E-state index in [0.717, 1.165) is 25.4 Å². The summed E-state index contributed by atoms with van der Waals surface area (Å²) >= 11 is 0. The molecule has 1 unspecified atom stereocenters. The molecule has 0 saturated carbocycles. The van der Waals surface area contributed by atoms with Gasteiger partial charge in [0.2, 0.25) is 0 Å². The first-order valence-corrected chi connectivity index (χ1v) is 5.31. The molecule has 0 amide bonds. The molecule has 0 spiro atoms. The van der Waals surface area contributed by atoms with Gasteiger partial charge in [-0.15, -0.1) is 0 Å². The maximum Gasteiger partial charge on any atom is 0.119 e. The Morgan fingerprint density at radius 3 is 2.87 bits per heavy atom. The second-order valence-corrected chi connectivity index (χ2v) is 4.08. The minimum Gasteiger partial charge on any atom is -0.491 e. The number of rotatable bonds is 3. The molecule has 15 heavy (non-hydrogen) atoms. The predicted octanol–water partition coefficient (Wildman–Crippen LogP) is 1.44. The van der Waals surface area contributed by atoms with Crippen molar-refractivity contribution in [2.45, 2.75) is 12.5 Å². The molecule has 1 aromatic rings. The molecule has 0 radical (unpaired) electrons. The molecular weight excluding hydrogens is 190 g/mol. The normalized spacial score (nSPS) is 26.2. The first-order valence-electron chi connectivity index (χ1n) is 5.31. The van der Waals surface area contributed by atoms with E-state index in [1.54, 1.807) is 0 Å². The van der Waals surface area contributed by atoms with Crippen LogP contribution in [-0.4, -0.2) is 31.9 Å². The van der Waals surface area contributed by atoms with Crippen molar-refractivity contribution in [1.82, 2.24) is 5.32 Å². The van der Waals surface area contributed by atoms with Gasteiger partial charge >= 0.3 is 0 Å².